The summed E-state index contributed by atoms with van der Waals surface area (Å²) in [7, 11) is 0. The van der Waals surface area contributed by atoms with Crippen molar-refractivity contribution in [2.24, 2.45) is 0 Å². The molecule has 0 saturated heterocycles. The maximum absolute atomic E-state index is 8.77. The second kappa shape index (κ2) is 2.78. The van der Waals surface area contributed by atoms with Gasteiger partial charge >= 0.3 is 0 Å². The molecular weight excluding hydrogens is 148 g/mol. The van der Waals surface area contributed by atoms with Crippen LogP contribution in [0, 0.1) is 11.3 Å². The molecule has 1 aromatic rings. The third-order valence-corrected chi connectivity index (χ3v) is 2.06. The minimum atomic E-state index is 0.684. The Morgan fingerprint density at radius 3 is 3.17 bits per heavy atom. The molecule has 2 nitrogen and oxygen atoms in total. The number of aryl methyl sites for hydroxylation is 1. The Kier molecular flexibility index (Phi) is 1.64. The van der Waals surface area contributed by atoms with Gasteiger partial charge in [0.25, 0.3) is 0 Å². The Hall–Kier alpha value is -1.62. The van der Waals surface area contributed by atoms with Gasteiger partial charge in [-0.05, 0) is 24.0 Å². The number of aromatic nitrogens is 1. The summed E-state index contributed by atoms with van der Waals surface area (Å²) >= 11 is 0. The first-order chi connectivity index (χ1) is 5.92. The third kappa shape index (κ3) is 0.998. The molecule has 0 amide bonds. The molecule has 2 heteroatoms. The quantitative estimate of drug-likeness (QED) is 0.575. The van der Waals surface area contributed by atoms with E-state index >= 15 is 0 Å². The zero-order valence-corrected chi connectivity index (χ0v) is 6.62. The van der Waals surface area contributed by atoms with Crippen LogP contribution < -0.4 is 0 Å². The lowest BCUT2D eigenvalue weighted by molar-refractivity contribution is 0.968. The summed E-state index contributed by atoms with van der Waals surface area (Å²) in [6.07, 6.45) is 9.65. The van der Waals surface area contributed by atoms with Gasteiger partial charge in [0.05, 0.1) is 5.56 Å². The van der Waals surface area contributed by atoms with Crippen molar-refractivity contribution in [1.29, 1.82) is 5.26 Å². The number of pyridine rings is 1. The van der Waals surface area contributed by atoms with Gasteiger partial charge in [0, 0.05) is 12.4 Å². The molecule has 0 N–H and O–H groups in total. The first-order valence-electron chi connectivity index (χ1n) is 3.95. The predicted octanol–water partition coefficient (Wildman–Crippen LogP) is 1.91. The molecular formula is C10H8N2. The molecule has 0 atom stereocenters. The fourth-order valence-electron chi connectivity index (χ4n) is 1.44. The summed E-state index contributed by atoms with van der Waals surface area (Å²) in [6.45, 7) is 0. The van der Waals surface area contributed by atoms with Crippen LogP contribution in [0.1, 0.15) is 23.1 Å². The largest absolute Gasteiger partial charge is 0.263 e. The molecule has 12 heavy (non-hydrogen) atoms. The van der Waals surface area contributed by atoms with E-state index in [1.807, 2.05) is 12.3 Å². The number of rotatable bonds is 0. The highest BCUT2D eigenvalue weighted by Gasteiger charge is 2.08. The SMILES string of the molecule is N#Cc1cncc2c1C=CCC2. The number of hydrogen-bond donors (Lipinski definition) is 0. The van der Waals surface area contributed by atoms with Crippen LogP contribution >= 0.6 is 0 Å². The van der Waals surface area contributed by atoms with Gasteiger partial charge < -0.3 is 0 Å². The van der Waals surface area contributed by atoms with E-state index in [9.17, 15) is 0 Å². The first-order valence-corrected chi connectivity index (χ1v) is 3.95. The molecule has 1 aromatic heterocycles. The molecule has 0 aromatic carbocycles. The van der Waals surface area contributed by atoms with E-state index in [2.05, 4.69) is 17.1 Å². The lowest BCUT2D eigenvalue weighted by Crippen LogP contribution is -1.97. The maximum atomic E-state index is 8.77. The van der Waals surface area contributed by atoms with Crippen LogP contribution in [0.3, 0.4) is 0 Å². The smallest absolute Gasteiger partial charge is 0.101 e. The summed E-state index contributed by atoms with van der Waals surface area (Å²) in [4.78, 5) is 4.01. The highest BCUT2D eigenvalue weighted by molar-refractivity contribution is 5.62. The highest BCUT2D eigenvalue weighted by atomic mass is 14.6. The van der Waals surface area contributed by atoms with Crippen molar-refractivity contribution in [1.82, 2.24) is 4.98 Å². The summed E-state index contributed by atoms with van der Waals surface area (Å²) in [5.41, 5.74) is 2.93. The van der Waals surface area contributed by atoms with E-state index in [-0.39, 0.29) is 0 Å². The van der Waals surface area contributed by atoms with Crippen LogP contribution in [-0.4, -0.2) is 4.98 Å². The van der Waals surface area contributed by atoms with E-state index in [0.29, 0.717) is 5.56 Å². The van der Waals surface area contributed by atoms with E-state index in [0.717, 1.165) is 18.4 Å². The molecule has 0 bridgehead atoms. The standard InChI is InChI=1S/C10H8N2/c11-5-9-7-12-6-8-3-1-2-4-10(8)9/h2,4,6-7H,1,3H2. The average Bonchev–Trinajstić information content (AvgIpc) is 2.17. The van der Waals surface area contributed by atoms with Gasteiger partial charge in [-0.25, -0.2) is 0 Å². The van der Waals surface area contributed by atoms with Gasteiger partial charge in [-0.1, -0.05) is 12.2 Å². The van der Waals surface area contributed by atoms with Crippen molar-refractivity contribution < 1.29 is 0 Å². The molecule has 0 spiro atoms. The molecule has 0 unspecified atom stereocenters. The Morgan fingerprint density at radius 2 is 2.33 bits per heavy atom. The lowest BCUT2D eigenvalue weighted by atomic mass is 9.96. The van der Waals surface area contributed by atoms with Crippen molar-refractivity contribution in [2.75, 3.05) is 0 Å². The monoisotopic (exact) mass is 156 g/mol. The number of nitrogens with zero attached hydrogens (tertiary/aromatic N) is 2. The molecule has 2 rings (SSSR count). The highest BCUT2D eigenvalue weighted by Crippen LogP contribution is 2.20. The third-order valence-electron chi connectivity index (χ3n) is 2.06. The number of nitriles is 1. The number of hydrogen-bond acceptors (Lipinski definition) is 2. The van der Waals surface area contributed by atoms with Gasteiger partial charge in [0.1, 0.15) is 6.07 Å². The second-order valence-corrected chi connectivity index (χ2v) is 2.81. The van der Waals surface area contributed by atoms with Crippen LogP contribution in [0.15, 0.2) is 18.5 Å². The van der Waals surface area contributed by atoms with Crippen molar-refractivity contribution in [2.45, 2.75) is 12.8 Å². The van der Waals surface area contributed by atoms with E-state index in [1.54, 1.807) is 6.20 Å². The second-order valence-electron chi connectivity index (χ2n) is 2.81. The molecule has 1 heterocycles. The topological polar surface area (TPSA) is 36.7 Å². The Labute approximate surface area is 71.2 Å². The molecule has 0 radical (unpaired) electrons. The molecule has 0 saturated carbocycles. The van der Waals surface area contributed by atoms with Crippen LogP contribution in [0.25, 0.3) is 6.08 Å². The van der Waals surface area contributed by atoms with Crippen molar-refractivity contribution in [3.8, 4) is 6.07 Å². The summed E-state index contributed by atoms with van der Waals surface area (Å²) in [5.74, 6) is 0. The van der Waals surface area contributed by atoms with E-state index < -0.39 is 0 Å². The van der Waals surface area contributed by atoms with Gasteiger partial charge in [0.2, 0.25) is 0 Å². The summed E-state index contributed by atoms with van der Waals surface area (Å²) in [5, 5.41) is 8.77. The fraction of sp³-hybridized carbons (Fsp3) is 0.200. The van der Waals surface area contributed by atoms with Crippen molar-refractivity contribution in [3.63, 3.8) is 0 Å². The zero-order valence-electron chi connectivity index (χ0n) is 6.62. The van der Waals surface area contributed by atoms with Crippen LogP contribution in [-0.2, 0) is 6.42 Å². The van der Waals surface area contributed by atoms with Crippen molar-refractivity contribution >= 4 is 6.08 Å². The van der Waals surface area contributed by atoms with Gasteiger partial charge in [-0.3, -0.25) is 4.98 Å². The normalized spacial score (nSPS) is 13.6. The number of fused-ring (bicyclic) bond motifs is 1. The van der Waals surface area contributed by atoms with Crippen LogP contribution in [0.4, 0.5) is 0 Å². The molecule has 1 aliphatic rings. The Morgan fingerprint density at radius 1 is 1.42 bits per heavy atom. The maximum Gasteiger partial charge on any atom is 0.101 e. The molecule has 1 aliphatic carbocycles. The van der Waals surface area contributed by atoms with Gasteiger partial charge in [0.15, 0.2) is 0 Å². The number of allylic oxidation sites excluding steroid dienone is 1. The summed E-state index contributed by atoms with van der Waals surface area (Å²) in [6, 6.07) is 2.14. The van der Waals surface area contributed by atoms with Gasteiger partial charge in [-0.2, -0.15) is 5.26 Å². The molecule has 0 fully saturated rings. The predicted molar refractivity (Wildman–Crippen MR) is 46.3 cm³/mol. The first kappa shape index (κ1) is 7.05. The Balaban J connectivity index is 2.64. The Bertz CT molecular complexity index is 372. The van der Waals surface area contributed by atoms with Crippen molar-refractivity contribution in [3.05, 3.63) is 35.2 Å². The van der Waals surface area contributed by atoms with E-state index in [1.165, 1.54) is 5.56 Å². The van der Waals surface area contributed by atoms with Crippen LogP contribution in [0.5, 0.6) is 0 Å². The lowest BCUT2D eigenvalue weighted by Gasteiger charge is -2.09. The van der Waals surface area contributed by atoms with Gasteiger partial charge in [-0.15, -0.1) is 0 Å². The average molecular weight is 156 g/mol. The molecule has 0 aliphatic heterocycles. The molecule has 58 valence electrons. The fourth-order valence-corrected chi connectivity index (χ4v) is 1.44. The van der Waals surface area contributed by atoms with Crippen LogP contribution in [0.2, 0.25) is 0 Å². The summed E-state index contributed by atoms with van der Waals surface area (Å²) < 4.78 is 0. The minimum Gasteiger partial charge on any atom is -0.263 e. The minimum absolute atomic E-state index is 0.684. The zero-order chi connectivity index (χ0) is 8.39. The van der Waals surface area contributed by atoms with E-state index in [4.69, 9.17) is 5.26 Å².